The molecule has 3 rings (SSSR count). The maximum atomic E-state index is 14.0. The first-order chi connectivity index (χ1) is 11.9. The van der Waals surface area contributed by atoms with Crippen molar-refractivity contribution < 1.29 is 23.8 Å². The molecule has 1 aromatic rings. The van der Waals surface area contributed by atoms with E-state index in [-0.39, 0.29) is 24.9 Å². The molecule has 2 aliphatic rings. The summed E-state index contributed by atoms with van der Waals surface area (Å²) in [6.45, 7) is 0.803. The van der Waals surface area contributed by atoms with Crippen LogP contribution in [0.5, 0.6) is 0 Å². The summed E-state index contributed by atoms with van der Waals surface area (Å²) in [5.74, 6) is -1.26. The van der Waals surface area contributed by atoms with E-state index in [1.165, 1.54) is 13.2 Å². The Kier molecular flexibility index (Phi) is 4.82. The van der Waals surface area contributed by atoms with Gasteiger partial charge in [0.1, 0.15) is 11.2 Å². The van der Waals surface area contributed by atoms with Gasteiger partial charge in [0.05, 0.1) is 12.0 Å². The van der Waals surface area contributed by atoms with Crippen molar-refractivity contribution in [2.75, 3.05) is 26.8 Å². The number of hydrogen-bond acceptors (Lipinski definition) is 3. The molecule has 0 bridgehead atoms. The molecular formula is C19H24FNO4. The lowest BCUT2D eigenvalue weighted by Crippen LogP contribution is -2.53. The number of hydrogen-bond donors (Lipinski definition) is 1. The number of carbonyl (C=O) groups is 2. The fourth-order valence-corrected chi connectivity index (χ4v) is 3.89. The van der Waals surface area contributed by atoms with Crippen molar-refractivity contribution in [2.45, 2.75) is 32.1 Å². The van der Waals surface area contributed by atoms with Crippen molar-refractivity contribution in [3.05, 3.63) is 35.6 Å². The van der Waals surface area contributed by atoms with Gasteiger partial charge in [-0.25, -0.2) is 4.39 Å². The zero-order valence-electron chi connectivity index (χ0n) is 14.5. The zero-order chi connectivity index (χ0) is 18.1. The quantitative estimate of drug-likeness (QED) is 0.857. The van der Waals surface area contributed by atoms with E-state index in [2.05, 4.69) is 0 Å². The van der Waals surface area contributed by atoms with Gasteiger partial charge in [-0.05, 0) is 43.7 Å². The van der Waals surface area contributed by atoms with Crippen molar-refractivity contribution in [1.29, 1.82) is 0 Å². The fourth-order valence-electron chi connectivity index (χ4n) is 3.89. The molecule has 1 amide bonds. The summed E-state index contributed by atoms with van der Waals surface area (Å²) >= 11 is 0. The summed E-state index contributed by atoms with van der Waals surface area (Å²) in [6, 6.07) is 6.53. The van der Waals surface area contributed by atoms with Crippen molar-refractivity contribution in [2.24, 2.45) is 10.8 Å². The number of aliphatic carboxylic acids is 1. The van der Waals surface area contributed by atoms with Gasteiger partial charge in [-0.2, -0.15) is 0 Å². The molecule has 2 fully saturated rings. The number of nitrogens with zero attached hydrogens (tertiary/aromatic N) is 1. The van der Waals surface area contributed by atoms with E-state index in [4.69, 9.17) is 4.74 Å². The number of amides is 1. The second-order valence-electron chi connectivity index (χ2n) is 7.40. The highest BCUT2D eigenvalue weighted by Crippen LogP contribution is 2.51. The van der Waals surface area contributed by atoms with Crippen LogP contribution in [0.15, 0.2) is 24.3 Å². The van der Waals surface area contributed by atoms with Gasteiger partial charge >= 0.3 is 5.97 Å². The third-order valence-electron chi connectivity index (χ3n) is 5.53. The molecular weight excluding hydrogens is 325 g/mol. The molecule has 1 saturated carbocycles. The molecule has 1 saturated heterocycles. The first-order valence-electron chi connectivity index (χ1n) is 8.68. The number of carbonyl (C=O) groups excluding carboxylic acids is 1. The first-order valence-corrected chi connectivity index (χ1v) is 8.68. The standard InChI is InChI=1S/C19H24FNO4/c1-25-13-19(17(23)24)7-4-10-21(12-19)16(22)18(8-9-18)11-14-5-2-3-6-15(14)20/h2-3,5-6H,4,7-13H2,1H3,(H,23,24). The van der Waals surface area contributed by atoms with E-state index < -0.39 is 16.8 Å². The van der Waals surface area contributed by atoms with Crippen LogP contribution in [-0.4, -0.2) is 48.7 Å². The summed E-state index contributed by atoms with van der Waals surface area (Å²) in [5, 5.41) is 9.64. The molecule has 1 aliphatic heterocycles. The SMILES string of the molecule is COCC1(C(=O)O)CCCN(C(=O)C2(Cc3ccccc3F)CC2)C1. The number of ether oxygens (including phenoxy) is 1. The molecule has 1 aliphatic carbocycles. The van der Waals surface area contributed by atoms with Crippen LogP contribution < -0.4 is 0 Å². The van der Waals surface area contributed by atoms with E-state index in [1.807, 2.05) is 0 Å². The molecule has 5 nitrogen and oxygen atoms in total. The van der Waals surface area contributed by atoms with Gasteiger partial charge in [0.25, 0.3) is 0 Å². The van der Waals surface area contributed by atoms with Gasteiger partial charge in [0.15, 0.2) is 0 Å². The van der Waals surface area contributed by atoms with Crippen molar-refractivity contribution in [3.8, 4) is 0 Å². The van der Waals surface area contributed by atoms with E-state index in [1.54, 1.807) is 23.1 Å². The molecule has 25 heavy (non-hydrogen) atoms. The maximum absolute atomic E-state index is 14.0. The van der Waals surface area contributed by atoms with E-state index in [0.717, 1.165) is 12.8 Å². The maximum Gasteiger partial charge on any atom is 0.313 e. The topological polar surface area (TPSA) is 66.8 Å². The summed E-state index contributed by atoms with van der Waals surface area (Å²) in [5.41, 5.74) is -1.07. The van der Waals surface area contributed by atoms with E-state index in [9.17, 15) is 19.1 Å². The Bertz CT molecular complexity index is 669. The van der Waals surface area contributed by atoms with Crippen LogP contribution in [0.3, 0.4) is 0 Å². The molecule has 1 heterocycles. The number of methoxy groups -OCH3 is 1. The Morgan fingerprint density at radius 1 is 1.24 bits per heavy atom. The minimum Gasteiger partial charge on any atom is -0.481 e. The predicted octanol–water partition coefficient (Wildman–Crippen LogP) is 2.49. The van der Waals surface area contributed by atoms with Gasteiger partial charge < -0.3 is 14.7 Å². The fraction of sp³-hybridized carbons (Fsp3) is 0.579. The number of rotatable bonds is 6. The average molecular weight is 349 g/mol. The second-order valence-corrected chi connectivity index (χ2v) is 7.40. The van der Waals surface area contributed by atoms with E-state index in [0.29, 0.717) is 31.4 Å². The summed E-state index contributed by atoms with van der Waals surface area (Å²) < 4.78 is 19.1. The van der Waals surface area contributed by atoms with E-state index >= 15 is 0 Å². The number of halogens is 1. The Balaban J connectivity index is 1.76. The molecule has 0 spiro atoms. The number of carboxylic acid groups (broad SMARTS) is 1. The van der Waals surface area contributed by atoms with Crippen LogP contribution in [0.25, 0.3) is 0 Å². The number of carboxylic acids is 1. The average Bonchev–Trinajstić information content (AvgIpc) is 3.37. The molecule has 1 unspecified atom stereocenters. The third-order valence-corrected chi connectivity index (χ3v) is 5.53. The van der Waals surface area contributed by atoms with Crippen molar-refractivity contribution in [1.82, 2.24) is 4.90 Å². The molecule has 6 heteroatoms. The summed E-state index contributed by atoms with van der Waals surface area (Å²) in [4.78, 5) is 26.5. The van der Waals surface area contributed by atoms with Gasteiger partial charge in [-0.15, -0.1) is 0 Å². The lowest BCUT2D eigenvalue weighted by molar-refractivity contribution is -0.160. The third kappa shape index (κ3) is 3.40. The number of likely N-dealkylation sites (tertiary alicyclic amines) is 1. The molecule has 0 radical (unpaired) electrons. The zero-order valence-corrected chi connectivity index (χ0v) is 14.5. The lowest BCUT2D eigenvalue weighted by Gasteiger charge is -2.40. The van der Waals surface area contributed by atoms with Crippen molar-refractivity contribution >= 4 is 11.9 Å². The highest BCUT2D eigenvalue weighted by atomic mass is 19.1. The summed E-state index contributed by atoms with van der Waals surface area (Å²) in [6.07, 6.45) is 2.96. The molecule has 1 atom stereocenters. The lowest BCUT2D eigenvalue weighted by atomic mass is 9.80. The molecule has 136 valence electrons. The monoisotopic (exact) mass is 349 g/mol. The van der Waals surface area contributed by atoms with Gasteiger partial charge in [-0.1, -0.05) is 18.2 Å². The second kappa shape index (κ2) is 6.75. The minimum atomic E-state index is -1.04. The normalized spacial score (nSPS) is 24.8. The van der Waals surface area contributed by atoms with Crippen LogP contribution in [-0.2, 0) is 20.7 Å². The van der Waals surface area contributed by atoms with Gasteiger partial charge in [0, 0.05) is 20.2 Å². The summed E-state index contributed by atoms with van der Waals surface area (Å²) in [7, 11) is 1.48. The van der Waals surface area contributed by atoms with Crippen LogP contribution in [0.2, 0.25) is 0 Å². The van der Waals surface area contributed by atoms with Crippen LogP contribution in [0.1, 0.15) is 31.2 Å². The highest BCUT2D eigenvalue weighted by Gasteiger charge is 2.54. The highest BCUT2D eigenvalue weighted by molar-refractivity contribution is 5.87. The smallest absolute Gasteiger partial charge is 0.313 e. The number of benzene rings is 1. The largest absolute Gasteiger partial charge is 0.481 e. The van der Waals surface area contributed by atoms with Gasteiger partial charge in [0.2, 0.25) is 5.91 Å². The van der Waals surface area contributed by atoms with Crippen LogP contribution >= 0.6 is 0 Å². The van der Waals surface area contributed by atoms with Crippen LogP contribution in [0.4, 0.5) is 4.39 Å². The van der Waals surface area contributed by atoms with Crippen LogP contribution in [0, 0.1) is 16.6 Å². The Labute approximate surface area is 146 Å². The van der Waals surface area contributed by atoms with Gasteiger partial charge in [-0.3, -0.25) is 9.59 Å². The Morgan fingerprint density at radius 2 is 1.96 bits per heavy atom. The Morgan fingerprint density at radius 3 is 2.56 bits per heavy atom. The molecule has 0 aromatic heterocycles. The minimum absolute atomic E-state index is 0.0443. The first kappa shape index (κ1) is 17.9. The molecule has 1 aromatic carbocycles. The van der Waals surface area contributed by atoms with Crippen molar-refractivity contribution in [3.63, 3.8) is 0 Å². The molecule has 1 N–H and O–H groups in total. The number of piperidine rings is 1. The predicted molar refractivity (Wildman–Crippen MR) is 89.5 cm³/mol. The Hall–Kier alpha value is -1.95.